The third kappa shape index (κ3) is 2.30. The van der Waals surface area contributed by atoms with Crippen molar-refractivity contribution in [3.63, 3.8) is 0 Å². The maximum absolute atomic E-state index is 11.9. The van der Waals surface area contributed by atoms with E-state index in [1.54, 1.807) is 0 Å². The van der Waals surface area contributed by atoms with E-state index >= 15 is 0 Å². The summed E-state index contributed by atoms with van der Waals surface area (Å²) in [6.45, 7) is 7.06. The number of nitrogens with two attached hydrogens (primary N) is 2. The fraction of sp³-hybridized carbons (Fsp3) is 0.182. The van der Waals surface area contributed by atoms with Gasteiger partial charge in [-0.25, -0.2) is 4.98 Å². The maximum atomic E-state index is 11.9. The Kier molecular flexibility index (Phi) is 4.01. The number of hydrogen-bond donors (Lipinski definition) is 3. The second-order valence-corrected chi connectivity index (χ2v) is 3.50. The Balaban J connectivity index is 3.65. The van der Waals surface area contributed by atoms with Crippen LogP contribution in [0.25, 0.3) is 0 Å². The Hall–Kier alpha value is -2.41. The highest BCUT2D eigenvalue weighted by molar-refractivity contribution is 5.93. The third-order valence-electron chi connectivity index (χ3n) is 2.27. The highest BCUT2D eigenvalue weighted by atomic mass is 16.3. The van der Waals surface area contributed by atoms with E-state index in [2.05, 4.69) is 18.1 Å². The van der Waals surface area contributed by atoms with Gasteiger partial charge in [0.05, 0.1) is 6.04 Å². The van der Waals surface area contributed by atoms with Gasteiger partial charge >= 0.3 is 0 Å². The zero-order valence-corrected chi connectivity index (χ0v) is 9.67. The predicted molar refractivity (Wildman–Crippen MR) is 66.0 cm³/mol. The number of rotatable bonds is 5. The van der Waals surface area contributed by atoms with Crippen LogP contribution in [0.5, 0.6) is 5.75 Å². The molecule has 1 aromatic rings. The lowest BCUT2D eigenvalue weighted by Gasteiger charge is -2.15. The third-order valence-corrected chi connectivity index (χ3v) is 2.27. The standard InChI is InChI=1S/C11H14N4O3/c1-3-5-15-10(6(12)4-2)14-7(9(13)17)8(16)11(15)18/h3-4,6,16H,1-2,5,12H2,(H2,13,17). The molecule has 18 heavy (non-hydrogen) atoms. The smallest absolute Gasteiger partial charge is 0.296 e. The molecule has 96 valence electrons. The van der Waals surface area contributed by atoms with E-state index in [9.17, 15) is 14.7 Å². The van der Waals surface area contributed by atoms with Crippen molar-refractivity contribution in [3.8, 4) is 5.75 Å². The van der Waals surface area contributed by atoms with Crippen molar-refractivity contribution in [3.05, 3.63) is 47.2 Å². The normalized spacial score (nSPS) is 11.8. The number of carbonyl (C=O) groups excluding carboxylic acids is 1. The topological polar surface area (TPSA) is 124 Å². The van der Waals surface area contributed by atoms with Crippen molar-refractivity contribution in [2.24, 2.45) is 11.5 Å². The first-order chi connectivity index (χ1) is 8.43. The Morgan fingerprint density at radius 2 is 2.17 bits per heavy atom. The molecule has 0 aliphatic rings. The van der Waals surface area contributed by atoms with Gasteiger partial charge in [-0.15, -0.1) is 13.2 Å². The van der Waals surface area contributed by atoms with Crippen molar-refractivity contribution < 1.29 is 9.90 Å². The molecular weight excluding hydrogens is 236 g/mol. The molecule has 0 aromatic carbocycles. The molecule has 1 rings (SSSR count). The Morgan fingerprint density at radius 1 is 1.56 bits per heavy atom. The van der Waals surface area contributed by atoms with Gasteiger partial charge in [-0.3, -0.25) is 14.2 Å². The van der Waals surface area contributed by atoms with E-state index in [1.165, 1.54) is 12.2 Å². The molecule has 7 heteroatoms. The molecule has 0 aliphatic carbocycles. The van der Waals surface area contributed by atoms with Crippen LogP contribution in [0.1, 0.15) is 22.4 Å². The minimum atomic E-state index is -1.01. The summed E-state index contributed by atoms with van der Waals surface area (Å²) >= 11 is 0. The highest BCUT2D eigenvalue weighted by Crippen LogP contribution is 2.14. The van der Waals surface area contributed by atoms with E-state index in [0.717, 1.165) is 4.57 Å². The molecule has 0 saturated heterocycles. The fourth-order valence-electron chi connectivity index (χ4n) is 1.40. The monoisotopic (exact) mass is 250 g/mol. The molecule has 7 nitrogen and oxygen atoms in total. The van der Waals surface area contributed by atoms with E-state index < -0.39 is 29.0 Å². The fourth-order valence-corrected chi connectivity index (χ4v) is 1.40. The summed E-state index contributed by atoms with van der Waals surface area (Å²) in [5.74, 6) is -1.72. The van der Waals surface area contributed by atoms with Crippen LogP contribution >= 0.6 is 0 Å². The second-order valence-electron chi connectivity index (χ2n) is 3.50. The molecule has 1 aromatic heterocycles. The van der Waals surface area contributed by atoms with Gasteiger partial charge in [-0.05, 0) is 0 Å². The quantitative estimate of drug-likeness (QED) is 0.603. The molecule has 0 bridgehead atoms. The zero-order valence-electron chi connectivity index (χ0n) is 9.67. The molecule has 0 saturated carbocycles. The molecule has 0 aliphatic heterocycles. The first-order valence-electron chi connectivity index (χ1n) is 5.06. The Bertz CT molecular complexity index is 562. The number of allylic oxidation sites excluding steroid dienone is 1. The number of aromatic nitrogens is 2. The first kappa shape index (κ1) is 13.7. The van der Waals surface area contributed by atoms with Crippen molar-refractivity contribution in [2.75, 3.05) is 0 Å². The number of hydrogen-bond acceptors (Lipinski definition) is 5. The summed E-state index contributed by atoms with van der Waals surface area (Å²) in [4.78, 5) is 26.7. The maximum Gasteiger partial charge on any atom is 0.296 e. The molecule has 0 radical (unpaired) electrons. The summed E-state index contributed by atoms with van der Waals surface area (Å²) < 4.78 is 1.10. The van der Waals surface area contributed by atoms with Crippen molar-refractivity contribution in [1.29, 1.82) is 0 Å². The van der Waals surface area contributed by atoms with Gasteiger partial charge in [-0.1, -0.05) is 12.2 Å². The van der Waals surface area contributed by atoms with Crippen molar-refractivity contribution >= 4 is 5.91 Å². The summed E-state index contributed by atoms with van der Waals surface area (Å²) in [5, 5.41) is 9.56. The number of aromatic hydroxyl groups is 1. The zero-order chi connectivity index (χ0) is 13.9. The minimum absolute atomic E-state index is 0.0847. The molecule has 1 heterocycles. The Morgan fingerprint density at radius 3 is 2.61 bits per heavy atom. The van der Waals surface area contributed by atoms with E-state index in [1.807, 2.05) is 0 Å². The summed E-state index contributed by atoms with van der Waals surface area (Å²) in [7, 11) is 0. The summed E-state index contributed by atoms with van der Waals surface area (Å²) in [6.07, 6.45) is 2.79. The van der Waals surface area contributed by atoms with E-state index in [-0.39, 0.29) is 12.4 Å². The largest absolute Gasteiger partial charge is 0.501 e. The SMILES string of the molecule is C=CCn1c(C(N)C=C)nc(C(N)=O)c(O)c1=O. The minimum Gasteiger partial charge on any atom is -0.501 e. The molecule has 5 N–H and O–H groups in total. The molecule has 0 spiro atoms. The van der Waals surface area contributed by atoms with Gasteiger partial charge in [-0.2, -0.15) is 0 Å². The van der Waals surface area contributed by atoms with Crippen LogP contribution in [0.2, 0.25) is 0 Å². The number of amides is 1. The summed E-state index contributed by atoms with van der Waals surface area (Å²) in [5.41, 5.74) is 9.42. The van der Waals surface area contributed by atoms with Gasteiger partial charge < -0.3 is 16.6 Å². The number of nitrogens with zero attached hydrogens (tertiary/aromatic N) is 2. The molecule has 1 atom stereocenters. The van der Waals surface area contributed by atoms with Gasteiger partial charge in [0.2, 0.25) is 5.75 Å². The van der Waals surface area contributed by atoms with Crippen molar-refractivity contribution in [2.45, 2.75) is 12.6 Å². The Labute approximate surface area is 103 Å². The summed E-state index contributed by atoms with van der Waals surface area (Å²) in [6, 6.07) is -0.767. The average molecular weight is 250 g/mol. The van der Waals surface area contributed by atoms with Crippen LogP contribution in [0, 0.1) is 0 Å². The van der Waals surface area contributed by atoms with E-state index in [0.29, 0.717) is 0 Å². The lowest BCUT2D eigenvalue weighted by atomic mass is 10.2. The van der Waals surface area contributed by atoms with Gasteiger partial charge in [0, 0.05) is 6.54 Å². The van der Waals surface area contributed by atoms with Crippen molar-refractivity contribution in [1.82, 2.24) is 9.55 Å². The van der Waals surface area contributed by atoms with Crippen LogP contribution in [0.15, 0.2) is 30.1 Å². The van der Waals surface area contributed by atoms with Gasteiger partial charge in [0.25, 0.3) is 11.5 Å². The molecular formula is C11H14N4O3. The lowest BCUT2D eigenvalue weighted by Crippen LogP contribution is -2.31. The van der Waals surface area contributed by atoms with Crippen LogP contribution in [0.4, 0.5) is 0 Å². The van der Waals surface area contributed by atoms with Gasteiger partial charge in [0.15, 0.2) is 5.69 Å². The predicted octanol–water partition coefficient (Wildman–Crippen LogP) is -0.580. The molecule has 1 amide bonds. The molecule has 0 fully saturated rings. The number of primary amides is 1. The first-order valence-corrected chi connectivity index (χ1v) is 5.06. The van der Waals surface area contributed by atoms with Gasteiger partial charge in [0.1, 0.15) is 5.82 Å². The van der Waals surface area contributed by atoms with Crippen LogP contribution in [0.3, 0.4) is 0 Å². The van der Waals surface area contributed by atoms with Crippen LogP contribution in [-0.4, -0.2) is 20.6 Å². The average Bonchev–Trinajstić information content (AvgIpc) is 2.34. The lowest BCUT2D eigenvalue weighted by molar-refractivity contribution is 0.0991. The van der Waals surface area contributed by atoms with Crippen LogP contribution in [-0.2, 0) is 6.54 Å². The molecule has 1 unspecified atom stereocenters. The van der Waals surface area contributed by atoms with Crippen LogP contribution < -0.4 is 17.0 Å². The highest BCUT2D eigenvalue weighted by Gasteiger charge is 2.20. The van der Waals surface area contributed by atoms with E-state index in [4.69, 9.17) is 11.5 Å². The second kappa shape index (κ2) is 5.28. The number of carbonyl (C=O) groups is 1.